The number of nitrogens with two attached hydrogens (primary N) is 2. The molecule has 106 valence electrons. The molecule has 5 nitrogen and oxygen atoms in total. The van der Waals surface area contributed by atoms with Crippen LogP contribution in [0.5, 0.6) is 0 Å². The Balaban J connectivity index is 2.27. The van der Waals surface area contributed by atoms with Gasteiger partial charge in [-0.2, -0.15) is 0 Å². The van der Waals surface area contributed by atoms with Gasteiger partial charge < -0.3 is 10.6 Å². The summed E-state index contributed by atoms with van der Waals surface area (Å²) >= 11 is 0. The minimum absolute atomic E-state index is 0.0163. The largest absolute Gasteiger partial charge is 0.396 e. The molecule has 6 heteroatoms. The lowest BCUT2D eigenvalue weighted by Crippen LogP contribution is -2.34. The summed E-state index contributed by atoms with van der Waals surface area (Å²) in [7, 11) is -3.76. The normalized spacial score (nSPS) is 17.7. The van der Waals surface area contributed by atoms with Crippen molar-refractivity contribution >= 4 is 21.4 Å². The predicted molar refractivity (Wildman–Crippen MR) is 77.5 cm³/mol. The number of para-hydroxylation sites is 1. The molecule has 0 aliphatic carbocycles. The molecule has 0 spiro atoms. The third-order valence-corrected chi connectivity index (χ3v) is 4.85. The van der Waals surface area contributed by atoms with Gasteiger partial charge in [0, 0.05) is 13.1 Å². The van der Waals surface area contributed by atoms with Gasteiger partial charge in [-0.05, 0) is 30.9 Å². The maximum Gasteiger partial charge on any atom is 0.240 e. The van der Waals surface area contributed by atoms with E-state index < -0.39 is 10.0 Å². The quantitative estimate of drug-likeness (QED) is 0.823. The molecule has 0 unspecified atom stereocenters. The molecule has 1 aromatic rings. The lowest BCUT2D eigenvalue weighted by atomic mass is 9.94. The first kappa shape index (κ1) is 14.1. The second kappa shape index (κ2) is 5.38. The Morgan fingerprint density at radius 2 is 1.95 bits per heavy atom. The molecule has 1 aromatic carbocycles. The van der Waals surface area contributed by atoms with E-state index in [0.29, 0.717) is 0 Å². The monoisotopic (exact) mass is 283 g/mol. The Kier molecular flexibility index (Phi) is 4.01. The van der Waals surface area contributed by atoms with Crippen LogP contribution in [0.4, 0.5) is 11.4 Å². The molecule has 1 heterocycles. The van der Waals surface area contributed by atoms with Gasteiger partial charge in [-0.1, -0.05) is 19.4 Å². The van der Waals surface area contributed by atoms with Gasteiger partial charge in [-0.25, -0.2) is 13.6 Å². The van der Waals surface area contributed by atoms with Crippen molar-refractivity contribution in [3.63, 3.8) is 0 Å². The summed E-state index contributed by atoms with van der Waals surface area (Å²) in [6, 6.07) is 5.00. The molecule has 0 radical (unpaired) electrons. The van der Waals surface area contributed by atoms with Crippen LogP contribution in [0, 0.1) is 5.92 Å². The topological polar surface area (TPSA) is 89.4 Å². The van der Waals surface area contributed by atoms with Gasteiger partial charge in [-0.15, -0.1) is 0 Å². The highest BCUT2D eigenvalue weighted by molar-refractivity contribution is 7.89. The van der Waals surface area contributed by atoms with Crippen molar-refractivity contribution < 1.29 is 8.42 Å². The molecule has 0 saturated carbocycles. The molecule has 0 atom stereocenters. The second-order valence-electron chi connectivity index (χ2n) is 5.07. The number of anilines is 2. The van der Waals surface area contributed by atoms with Gasteiger partial charge in [0.05, 0.1) is 11.4 Å². The van der Waals surface area contributed by atoms with Crippen LogP contribution < -0.4 is 15.8 Å². The Morgan fingerprint density at radius 1 is 1.32 bits per heavy atom. The van der Waals surface area contributed by atoms with Crippen molar-refractivity contribution in [1.82, 2.24) is 0 Å². The van der Waals surface area contributed by atoms with Gasteiger partial charge in [0.2, 0.25) is 10.0 Å². The first-order valence-electron chi connectivity index (χ1n) is 6.59. The number of benzene rings is 1. The fourth-order valence-electron chi connectivity index (χ4n) is 2.64. The molecule has 4 N–H and O–H groups in total. The maximum absolute atomic E-state index is 11.5. The molecular weight excluding hydrogens is 262 g/mol. The lowest BCUT2D eigenvalue weighted by molar-refractivity contribution is 0.395. The Hall–Kier alpha value is -1.27. The standard InChI is InChI=1S/C13H21N3O2S/c1-2-10-6-8-16(9-7-10)11-4-3-5-12(13(11)14)19(15,17)18/h3-5,10H,2,6-9,14H2,1H3,(H2,15,17,18). The SMILES string of the molecule is CCC1CCN(c2cccc(S(N)(=O)=O)c2N)CC1. The van der Waals surface area contributed by atoms with Crippen LogP contribution in [0.3, 0.4) is 0 Å². The van der Waals surface area contributed by atoms with E-state index in [4.69, 9.17) is 10.9 Å². The highest BCUT2D eigenvalue weighted by Gasteiger charge is 2.22. The van der Waals surface area contributed by atoms with E-state index in [2.05, 4.69) is 11.8 Å². The van der Waals surface area contributed by atoms with Crippen molar-refractivity contribution in [2.75, 3.05) is 23.7 Å². The number of piperidine rings is 1. The van der Waals surface area contributed by atoms with Crippen molar-refractivity contribution in [3.05, 3.63) is 18.2 Å². The zero-order valence-corrected chi connectivity index (χ0v) is 12.0. The van der Waals surface area contributed by atoms with E-state index in [1.165, 1.54) is 12.5 Å². The molecule has 0 amide bonds. The summed E-state index contributed by atoms with van der Waals surface area (Å²) in [5, 5.41) is 5.17. The number of hydrogen-bond donors (Lipinski definition) is 2. The highest BCUT2D eigenvalue weighted by atomic mass is 32.2. The van der Waals surface area contributed by atoms with Gasteiger partial charge in [0.15, 0.2) is 0 Å². The van der Waals surface area contributed by atoms with Crippen molar-refractivity contribution in [2.24, 2.45) is 11.1 Å². The van der Waals surface area contributed by atoms with Crippen LogP contribution >= 0.6 is 0 Å². The van der Waals surface area contributed by atoms with E-state index >= 15 is 0 Å². The number of primary sulfonamides is 1. The third kappa shape index (κ3) is 3.01. The molecule has 1 aliphatic heterocycles. The smallest absolute Gasteiger partial charge is 0.240 e. The Bertz CT molecular complexity index is 549. The number of hydrogen-bond acceptors (Lipinski definition) is 4. The lowest BCUT2D eigenvalue weighted by Gasteiger charge is -2.34. The summed E-state index contributed by atoms with van der Waals surface area (Å²) < 4.78 is 22.9. The van der Waals surface area contributed by atoms with Gasteiger partial charge in [0.1, 0.15) is 4.90 Å². The molecule has 1 saturated heterocycles. The fourth-order valence-corrected chi connectivity index (χ4v) is 3.32. The summed E-state index contributed by atoms with van der Waals surface area (Å²) in [6.45, 7) is 4.03. The molecule has 2 rings (SSSR count). The van der Waals surface area contributed by atoms with Crippen molar-refractivity contribution in [3.8, 4) is 0 Å². The van der Waals surface area contributed by atoms with Gasteiger partial charge in [-0.3, -0.25) is 0 Å². The molecule has 19 heavy (non-hydrogen) atoms. The summed E-state index contributed by atoms with van der Waals surface area (Å²) in [6.07, 6.45) is 3.44. The summed E-state index contributed by atoms with van der Waals surface area (Å²) in [4.78, 5) is 2.17. The molecular formula is C13H21N3O2S. The number of rotatable bonds is 3. The van der Waals surface area contributed by atoms with E-state index in [-0.39, 0.29) is 10.6 Å². The van der Waals surface area contributed by atoms with E-state index in [0.717, 1.165) is 37.5 Å². The van der Waals surface area contributed by atoms with Crippen LogP contribution in [0.25, 0.3) is 0 Å². The molecule has 1 fully saturated rings. The Morgan fingerprint density at radius 3 is 2.47 bits per heavy atom. The second-order valence-corrected chi connectivity index (χ2v) is 6.60. The summed E-state index contributed by atoms with van der Waals surface area (Å²) in [5.41, 5.74) is 7.01. The van der Waals surface area contributed by atoms with Crippen LogP contribution in [-0.4, -0.2) is 21.5 Å². The number of nitrogen functional groups attached to an aromatic ring is 1. The highest BCUT2D eigenvalue weighted by Crippen LogP contribution is 2.32. The van der Waals surface area contributed by atoms with E-state index in [1.54, 1.807) is 6.07 Å². The molecule has 0 aromatic heterocycles. The van der Waals surface area contributed by atoms with E-state index in [1.807, 2.05) is 6.07 Å². The predicted octanol–water partition coefficient (Wildman–Crippen LogP) is 1.54. The molecule has 1 aliphatic rings. The minimum Gasteiger partial charge on any atom is -0.396 e. The zero-order chi connectivity index (χ0) is 14.0. The van der Waals surface area contributed by atoms with Crippen LogP contribution in [0.2, 0.25) is 0 Å². The molecule has 0 bridgehead atoms. The van der Waals surface area contributed by atoms with Gasteiger partial charge in [0.25, 0.3) is 0 Å². The van der Waals surface area contributed by atoms with E-state index in [9.17, 15) is 8.42 Å². The summed E-state index contributed by atoms with van der Waals surface area (Å²) in [5.74, 6) is 0.763. The first-order chi connectivity index (χ1) is 8.93. The Labute approximate surface area is 114 Å². The maximum atomic E-state index is 11.5. The minimum atomic E-state index is -3.76. The average Bonchev–Trinajstić information content (AvgIpc) is 2.38. The van der Waals surface area contributed by atoms with Crippen LogP contribution in [-0.2, 0) is 10.0 Å². The number of nitrogens with zero attached hydrogens (tertiary/aromatic N) is 1. The van der Waals surface area contributed by atoms with Crippen molar-refractivity contribution in [2.45, 2.75) is 31.1 Å². The van der Waals surface area contributed by atoms with Crippen LogP contribution in [0.15, 0.2) is 23.1 Å². The van der Waals surface area contributed by atoms with Crippen LogP contribution in [0.1, 0.15) is 26.2 Å². The number of sulfonamides is 1. The third-order valence-electron chi connectivity index (χ3n) is 3.88. The zero-order valence-electron chi connectivity index (χ0n) is 11.2. The van der Waals surface area contributed by atoms with Crippen molar-refractivity contribution in [1.29, 1.82) is 0 Å². The fraction of sp³-hybridized carbons (Fsp3) is 0.538. The first-order valence-corrected chi connectivity index (χ1v) is 8.14. The van der Waals surface area contributed by atoms with Gasteiger partial charge >= 0.3 is 0 Å². The average molecular weight is 283 g/mol.